The maximum Gasteiger partial charge on any atom is 0.0493 e. The highest BCUT2D eigenvalue weighted by molar-refractivity contribution is 4.57. The van der Waals surface area contributed by atoms with Crippen molar-refractivity contribution in [2.45, 2.75) is 0 Å². The second-order valence-electron chi connectivity index (χ2n) is 2.49. The Morgan fingerprint density at radius 2 is 1.67 bits per heavy atom. The minimum absolute atomic E-state index is 0.0139. The lowest BCUT2D eigenvalue weighted by atomic mass is 10.2. The molecule has 0 aliphatic carbocycles. The number of hydrogen-bond donors (Lipinski definition) is 2. The van der Waals surface area contributed by atoms with Crippen molar-refractivity contribution >= 4 is 0 Å². The van der Waals surface area contributed by atoms with Gasteiger partial charge in [0.25, 0.3) is 0 Å². The molecular formula is C6H15NO2. The van der Waals surface area contributed by atoms with Crippen molar-refractivity contribution in [3.63, 3.8) is 0 Å². The molecule has 2 N–H and O–H groups in total. The molecule has 0 aromatic carbocycles. The molecular weight excluding hydrogens is 118 g/mol. The minimum Gasteiger partial charge on any atom is -0.396 e. The largest absolute Gasteiger partial charge is 0.396 e. The molecule has 0 amide bonds. The molecule has 0 unspecified atom stereocenters. The van der Waals surface area contributed by atoms with Gasteiger partial charge in [-0.3, -0.25) is 0 Å². The molecule has 0 saturated carbocycles. The van der Waals surface area contributed by atoms with Crippen molar-refractivity contribution in [2.24, 2.45) is 5.92 Å². The average Bonchev–Trinajstić information content (AvgIpc) is 1.82. The standard InChI is InChI=1S/C6H15NO2/c1-7(2)3-6(4-8)5-9/h6,8-9H,3-5H2,1-2H3. The average molecular weight is 133 g/mol. The number of aliphatic hydroxyl groups is 2. The second-order valence-corrected chi connectivity index (χ2v) is 2.49. The lowest BCUT2D eigenvalue weighted by Gasteiger charge is -2.15. The molecule has 0 atom stereocenters. The summed E-state index contributed by atoms with van der Waals surface area (Å²) in [4.78, 5) is 1.94. The van der Waals surface area contributed by atoms with Crippen LogP contribution in [0.15, 0.2) is 0 Å². The fraction of sp³-hybridized carbons (Fsp3) is 1.00. The van der Waals surface area contributed by atoms with Gasteiger partial charge in [0.15, 0.2) is 0 Å². The Bertz CT molecular complexity index is 62.1. The van der Waals surface area contributed by atoms with E-state index in [-0.39, 0.29) is 19.1 Å². The topological polar surface area (TPSA) is 43.7 Å². The van der Waals surface area contributed by atoms with Crippen LogP contribution in [-0.4, -0.2) is 49.0 Å². The highest BCUT2D eigenvalue weighted by Crippen LogP contribution is 1.93. The summed E-state index contributed by atoms with van der Waals surface area (Å²) in [7, 11) is 3.83. The Labute approximate surface area is 55.9 Å². The zero-order valence-electron chi connectivity index (χ0n) is 6.04. The Balaban J connectivity index is 3.31. The first-order valence-corrected chi connectivity index (χ1v) is 3.07. The molecule has 0 aromatic rings. The summed E-state index contributed by atoms with van der Waals surface area (Å²) in [6, 6.07) is 0. The lowest BCUT2D eigenvalue weighted by molar-refractivity contribution is 0.126. The predicted molar refractivity (Wildman–Crippen MR) is 36.2 cm³/mol. The summed E-state index contributed by atoms with van der Waals surface area (Å²) in [6.45, 7) is 0.871. The molecule has 0 aromatic heterocycles. The van der Waals surface area contributed by atoms with Gasteiger partial charge in [-0.25, -0.2) is 0 Å². The van der Waals surface area contributed by atoms with Crippen molar-refractivity contribution in [1.29, 1.82) is 0 Å². The van der Waals surface area contributed by atoms with Gasteiger partial charge in [-0.1, -0.05) is 0 Å². The van der Waals surface area contributed by atoms with Crippen molar-refractivity contribution in [1.82, 2.24) is 4.90 Å². The highest BCUT2D eigenvalue weighted by Gasteiger charge is 2.05. The molecule has 0 fully saturated rings. The Hall–Kier alpha value is -0.120. The summed E-state index contributed by atoms with van der Waals surface area (Å²) < 4.78 is 0. The van der Waals surface area contributed by atoms with Crippen LogP contribution in [0.4, 0.5) is 0 Å². The summed E-state index contributed by atoms with van der Waals surface area (Å²) in [5, 5.41) is 17.2. The molecule has 0 rings (SSSR count). The first-order chi connectivity index (χ1) is 4.20. The third kappa shape index (κ3) is 4.39. The van der Waals surface area contributed by atoms with Gasteiger partial charge in [-0.2, -0.15) is 0 Å². The summed E-state index contributed by atoms with van der Waals surface area (Å²) >= 11 is 0. The number of aliphatic hydroxyl groups excluding tert-OH is 2. The molecule has 0 aliphatic heterocycles. The second kappa shape index (κ2) is 4.73. The summed E-state index contributed by atoms with van der Waals surface area (Å²) in [5.74, 6) is 0.0139. The minimum atomic E-state index is 0.0139. The third-order valence-electron chi connectivity index (χ3n) is 1.14. The molecule has 0 heterocycles. The molecule has 3 heteroatoms. The predicted octanol–water partition coefficient (Wildman–Crippen LogP) is -0.851. The van der Waals surface area contributed by atoms with E-state index in [0.29, 0.717) is 0 Å². The molecule has 3 nitrogen and oxygen atoms in total. The number of rotatable bonds is 4. The van der Waals surface area contributed by atoms with Crippen LogP contribution in [0.5, 0.6) is 0 Å². The van der Waals surface area contributed by atoms with Crippen LogP contribution in [0.3, 0.4) is 0 Å². The third-order valence-corrected chi connectivity index (χ3v) is 1.14. The molecule has 0 saturated heterocycles. The van der Waals surface area contributed by atoms with Gasteiger partial charge in [-0.05, 0) is 14.1 Å². The number of hydrogen-bond acceptors (Lipinski definition) is 3. The van der Waals surface area contributed by atoms with E-state index in [2.05, 4.69) is 0 Å². The highest BCUT2D eigenvalue weighted by atomic mass is 16.3. The maximum atomic E-state index is 8.59. The molecule has 0 aliphatic rings. The fourth-order valence-corrected chi connectivity index (χ4v) is 0.690. The quantitative estimate of drug-likeness (QED) is 0.525. The van der Waals surface area contributed by atoms with Gasteiger partial charge < -0.3 is 15.1 Å². The summed E-state index contributed by atoms with van der Waals surface area (Å²) in [6.07, 6.45) is 0. The normalized spacial score (nSPS) is 11.3. The monoisotopic (exact) mass is 133 g/mol. The van der Waals surface area contributed by atoms with E-state index in [0.717, 1.165) is 6.54 Å². The van der Waals surface area contributed by atoms with Crippen LogP contribution in [0, 0.1) is 5.92 Å². The van der Waals surface area contributed by atoms with Crippen molar-refractivity contribution in [3.05, 3.63) is 0 Å². The van der Waals surface area contributed by atoms with Crippen LogP contribution in [0.2, 0.25) is 0 Å². The van der Waals surface area contributed by atoms with E-state index in [1.165, 1.54) is 0 Å². The van der Waals surface area contributed by atoms with Crippen molar-refractivity contribution in [2.75, 3.05) is 33.9 Å². The smallest absolute Gasteiger partial charge is 0.0493 e. The van der Waals surface area contributed by atoms with Gasteiger partial charge in [0, 0.05) is 25.7 Å². The van der Waals surface area contributed by atoms with Gasteiger partial charge in [0.05, 0.1) is 0 Å². The van der Waals surface area contributed by atoms with Crippen LogP contribution in [0.1, 0.15) is 0 Å². The van der Waals surface area contributed by atoms with E-state index in [1.54, 1.807) is 0 Å². The maximum absolute atomic E-state index is 8.59. The number of nitrogens with zero attached hydrogens (tertiary/aromatic N) is 1. The zero-order valence-corrected chi connectivity index (χ0v) is 6.04. The van der Waals surface area contributed by atoms with Gasteiger partial charge in [-0.15, -0.1) is 0 Å². The van der Waals surface area contributed by atoms with Gasteiger partial charge in [0.1, 0.15) is 0 Å². The van der Waals surface area contributed by atoms with Gasteiger partial charge in [0.2, 0.25) is 0 Å². The first-order valence-electron chi connectivity index (χ1n) is 3.07. The van der Waals surface area contributed by atoms with E-state index in [1.807, 2.05) is 19.0 Å². The van der Waals surface area contributed by atoms with E-state index < -0.39 is 0 Å². The van der Waals surface area contributed by atoms with Crippen LogP contribution >= 0.6 is 0 Å². The van der Waals surface area contributed by atoms with Gasteiger partial charge >= 0.3 is 0 Å². The van der Waals surface area contributed by atoms with E-state index in [4.69, 9.17) is 10.2 Å². The van der Waals surface area contributed by atoms with Crippen molar-refractivity contribution < 1.29 is 10.2 Å². The first kappa shape index (κ1) is 8.88. The Morgan fingerprint density at radius 1 is 1.22 bits per heavy atom. The Kier molecular flexibility index (Phi) is 4.67. The van der Waals surface area contributed by atoms with E-state index >= 15 is 0 Å². The zero-order chi connectivity index (χ0) is 7.28. The SMILES string of the molecule is CN(C)CC(CO)CO. The van der Waals surface area contributed by atoms with Crippen LogP contribution in [0.25, 0.3) is 0 Å². The molecule has 56 valence electrons. The molecule has 9 heavy (non-hydrogen) atoms. The Morgan fingerprint density at radius 3 is 1.78 bits per heavy atom. The van der Waals surface area contributed by atoms with Crippen LogP contribution < -0.4 is 0 Å². The van der Waals surface area contributed by atoms with E-state index in [9.17, 15) is 0 Å². The lowest BCUT2D eigenvalue weighted by Crippen LogP contribution is -2.26. The molecule has 0 bridgehead atoms. The fourth-order valence-electron chi connectivity index (χ4n) is 0.690. The molecule has 0 spiro atoms. The summed E-state index contributed by atoms with van der Waals surface area (Å²) in [5.41, 5.74) is 0. The van der Waals surface area contributed by atoms with Crippen LogP contribution in [-0.2, 0) is 0 Å². The van der Waals surface area contributed by atoms with Crippen molar-refractivity contribution in [3.8, 4) is 0 Å². The molecule has 0 radical (unpaired) electrons.